The Morgan fingerprint density at radius 2 is 1.92 bits per heavy atom. The number of urea groups is 1. The zero-order valence-corrected chi connectivity index (χ0v) is 14.8. The molecule has 2 aromatic rings. The van der Waals surface area contributed by atoms with Gasteiger partial charge in [0, 0.05) is 16.6 Å². The molecule has 0 unspecified atom stereocenters. The molecule has 0 radical (unpaired) electrons. The minimum atomic E-state index is -0.179. The van der Waals surface area contributed by atoms with Gasteiger partial charge in [0.15, 0.2) is 11.5 Å². The van der Waals surface area contributed by atoms with Gasteiger partial charge in [-0.1, -0.05) is 18.9 Å². The van der Waals surface area contributed by atoms with Crippen molar-refractivity contribution in [1.82, 2.24) is 5.32 Å². The number of ether oxygens (including phenoxy) is 2. The smallest absolute Gasteiger partial charge is 0.319 e. The van der Waals surface area contributed by atoms with Crippen molar-refractivity contribution < 1.29 is 14.3 Å². The van der Waals surface area contributed by atoms with Crippen molar-refractivity contribution in [2.24, 2.45) is 5.92 Å². The van der Waals surface area contributed by atoms with Crippen LogP contribution in [-0.2, 0) is 0 Å². The summed E-state index contributed by atoms with van der Waals surface area (Å²) < 4.78 is 11.1. The summed E-state index contributed by atoms with van der Waals surface area (Å²) in [6, 6.07) is 9.53. The molecule has 1 aromatic heterocycles. The summed E-state index contributed by atoms with van der Waals surface area (Å²) in [5.41, 5.74) is 0.707. The van der Waals surface area contributed by atoms with Crippen LogP contribution in [0.25, 0.3) is 0 Å². The minimum Gasteiger partial charge on any atom is -0.486 e. The molecule has 0 bridgehead atoms. The van der Waals surface area contributed by atoms with Crippen LogP contribution in [0.1, 0.15) is 36.6 Å². The lowest BCUT2D eigenvalue weighted by atomic mass is 9.97. The van der Waals surface area contributed by atoms with Crippen molar-refractivity contribution in [2.45, 2.75) is 31.7 Å². The maximum absolute atomic E-state index is 12.6. The molecule has 1 fully saturated rings. The van der Waals surface area contributed by atoms with Crippen molar-refractivity contribution >= 4 is 23.1 Å². The molecule has 25 heavy (non-hydrogen) atoms. The van der Waals surface area contributed by atoms with Gasteiger partial charge in [-0.25, -0.2) is 4.79 Å². The Balaban J connectivity index is 1.44. The van der Waals surface area contributed by atoms with Crippen molar-refractivity contribution in [1.29, 1.82) is 0 Å². The highest BCUT2D eigenvalue weighted by molar-refractivity contribution is 7.10. The minimum absolute atomic E-state index is 0.0831. The van der Waals surface area contributed by atoms with Gasteiger partial charge in [-0.05, 0) is 42.3 Å². The van der Waals surface area contributed by atoms with E-state index in [0.29, 0.717) is 30.6 Å². The molecule has 2 N–H and O–H groups in total. The summed E-state index contributed by atoms with van der Waals surface area (Å²) in [6.45, 7) is 1.09. The Morgan fingerprint density at radius 1 is 1.12 bits per heavy atom. The Kier molecular flexibility index (Phi) is 4.78. The second-order valence-corrected chi connectivity index (χ2v) is 7.47. The highest BCUT2D eigenvalue weighted by atomic mass is 32.1. The number of rotatable bonds is 4. The van der Waals surface area contributed by atoms with Gasteiger partial charge in [0.1, 0.15) is 13.2 Å². The van der Waals surface area contributed by atoms with Crippen LogP contribution in [0.3, 0.4) is 0 Å². The highest BCUT2D eigenvalue weighted by Crippen LogP contribution is 2.37. The lowest BCUT2D eigenvalue weighted by Crippen LogP contribution is -2.35. The van der Waals surface area contributed by atoms with Gasteiger partial charge in [-0.15, -0.1) is 11.3 Å². The first-order valence-corrected chi connectivity index (χ1v) is 9.68. The Hall–Kier alpha value is -2.21. The van der Waals surface area contributed by atoms with Gasteiger partial charge in [0.25, 0.3) is 0 Å². The third-order valence-electron chi connectivity index (χ3n) is 4.81. The average molecular weight is 358 g/mol. The fourth-order valence-corrected chi connectivity index (χ4v) is 4.48. The van der Waals surface area contributed by atoms with Crippen molar-refractivity contribution in [3.8, 4) is 11.5 Å². The van der Waals surface area contributed by atoms with E-state index in [0.717, 1.165) is 5.75 Å². The molecule has 0 saturated heterocycles. The molecule has 5 nitrogen and oxygen atoms in total. The van der Waals surface area contributed by atoms with E-state index < -0.39 is 0 Å². The largest absolute Gasteiger partial charge is 0.486 e. The maximum atomic E-state index is 12.6. The topological polar surface area (TPSA) is 59.6 Å². The molecule has 1 aromatic carbocycles. The van der Waals surface area contributed by atoms with Gasteiger partial charge in [0.05, 0.1) is 6.04 Å². The van der Waals surface area contributed by atoms with Crippen LogP contribution >= 0.6 is 11.3 Å². The van der Waals surface area contributed by atoms with Crippen LogP contribution in [0.15, 0.2) is 35.7 Å². The van der Waals surface area contributed by atoms with Gasteiger partial charge < -0.3 is 20.1 Å². The number of nitrogens with one attached hydrogen (secondary N) is 2. The normalized spacial score (nSPS) is 17.9. The summed E-state index contributed by atoms with van der Waals surface area (Å²) in [7, 11) is 0. The zero-order chi connectivity index (χ0) is 17.1. The molecule has 2 heterocycles. The molecule has 1 aliphatic heterocycles. The van der Waals surface area contributed by atoms with Crippen LogP contribution in [0.4, 0.5) is 10.5 Å². The number of amides is 2. The van der Waals surface area contributed by atoms with E-state index >= 15 is 0 Å². The first kappa shape index (κ1) is 16.3. The first-order chi connectivity index (χ1) is 12.3. The number of fused-ring (bicyclic) bond motifs is 1. The molecular formula is C19H22N2O3S. The monoisotopic (exact) mass is 358 g/mol. The lowest BCUT2D eigenvalue weighted by Gasteiger charge is -2.24. The van der Waals surface area contributed by atoms with Crippen LogP contribution in [-0.4, -0.2) is 19.2 Å². The van der Waals surface area contributed by atoms with Crippen LogP contribution in [0.5, 0.6) is 11.5 Å². The van der Waals surface area contributed by atoms with Crippen molar-refractivity contribution in [2.75, 3.05) is 18.5 Å². The molecule has 0 spiro atoms. The van der Waals surface area contributed by atoms with E-state index in [-0.39, 0.29) is 12.1 Å². The van der Waals surface area contributed by atoms with E-state index in [1.807, 2.05) is 24.3 Å². The van der Waals surface area contributed by atoms with Gasteiger partial charge in [0.2, 0.25) is 0 Å². The van der Waals surface area contributed by atoms with E-state index in [1.165, 1.54) is 30.6 Å². The molecule has 1 atom stereocenters. The molecule has 1 saturated carbocycles. The van der Waals surface area contributed by atoms with E-state index in [2.05, 4.69) is 22.1 Å². The Labute approximate surface area is 151 Å². The highest BCUT2D eigenvalue weighted by Gasteiger charge is 2.28. The average Bonchev–Trinajstić information content (AvgIpc) is 3.33. The van der Waals surface area contributed by atoms with Crippen LogP contribution in [0.2, 0.25) is 0 Å². The second kappa shape index (κ2) is 7.35. The molecule has 2 aliphatic rings. The third kappa shape index (κ3) is 3.74. The summed E-state index contributed by atoms with van der Waals surface area (Å²) in [4.78, 5) is 13.8. The Morgan fingerprint density at radius 3 is 2.68 bits per heavy atom. The Bertz CT molecular complexity index is 726. The summed E-state index contributed by atoms with van der Waals surface area (Å²) >= 11 is 1.71. The summed E-state index contributed by atoms with van der Waals surface area (Å²) in [5, 5.41) is 8.17. The number of hydrogen-bond acceptors (Lipinski definition) is 4. The molecule has 1 aliphatic carbocycles. The number of carbonyl (C=O) groups is 1. The fourth-order valence-electron chi connectivity index (χ4n) is 3.61. The summed E-state index contributed by atoms with van der Waals surface area (Å²) in [6.07, 6.45) is 4.84. The van der Waals surface area contributed by atoms with Gasteiger partial charge >= 0.3 is 6.03 Å². The standard InChI is InChI=1S/C19H22N2O3S/c22-19(20-14-7-8-15-16(12-14)24-10-9-23-15)21-18(13-4-1-2-5-13)17-6-3-11-25-17/h3,6-8,11-13,18H,1-2,4-5,9-10H2,(H2,20,21,22)/t18-/m0/s1. The number of hydrogen-bond donors (Lipinski definition) is 2. The number of benzene rings is 1. The SMILES string of the molecule is O=C(Nc1ccc2c(c1)OCCO2)N[C@H](c1cccs1)C1CCCC1. The predicted octanol–water partition coefficient (Wildman–Crippen LogP) is 4.57. The molecular weight excluding hydrogens is 336 g/mol. The van der Waals surface area contributed by atoms with Crippen molar-refractivity contribution in [3.05, 3.63) is 40.6 Å². The maximum Gasteiger partial charge on any atom is 0.319 e. The molecule has 132 valence electrons. The quantitative estimate of drug-likeness (QED) is 0.841. The first-order valence-electron chi connectivity index (χ1n) is 8.80. The zero-order valence-electron chi connectivity index (χ0n) is 14.0. The fraction of sp³-hybridized carbons (Fsp3) is 0.421. The second-order valence-electron chi connectivity index (χ2n) is 6.49. The lowest BCUT2D eigenvalue weighted by molar-refractivity contribution is 0.171. The van der Waals surface area contributed by atoms with Crippen LogP contribution in [0, 0.1) is 5.92 Å². The van der Waals surface area contributed by atoms with Crippen LogP contribution < -0.4 is 20.1 Å². The number of thiophene rings is 1. The van der Waals surface area contributed by atoms with E-state index in [9.17, 15) is 4.79 Å². The summed E-state index contributed by atoms with van der Waals surface area (Å²) in [5.74, 6) is 1.92. The van der Waals surface area contributed by atoms with Crippen molar-refractivity contribution in [3.63, 3.8) is 0 Å². The van der Waals surface area contributed by atoms with E-state index in [1.54, 1.807) is 11.3 Å². The molecule has 6 heteroatoms. The predicted molar refractivity (Wildman–Crippen MR) is 98.6 cm³/mol. The number of anilines is 1. The van der Waals surface area contributed by atoms with Gasteiger partial charge in [-0.3, -0.25) is 0 Å². The third-order valence-corrected chi connectivity index (χ3v) is 5.76. The number of carbonyl (C=O) groups excluding carboxylic acids is 1. The van der Waals surface area contributed by atoms with Gasteiger partial charge in [-0.2, -0.15) is 0 Å². The molecule has 2 amide bonds. The van der Waals surface area contributed by atoms with E-state index in [4.69, 9.17) is 9.47 Å². The molecule has 4 rings (SSSR count).